The number of aliphatic hydroxyl groups is 1. The highest BCUT2D eigenvalue weighted by Gasteiger charge is 2.12. The number of nitrogens with two attached hydrogens (primary N) is 2. The summed E-state index contributed by atoms with van der Waals surface area (Å²) in [4.78, 5) is 3.80. The van der Waals surface area contributed by atoms with E-state index in [-0.39, 0.29) is 11.8 Å². The molecule has 5 N–H and O–H groups in total. The van der Waals surface area contributed by atoms with Crippen LogP contribution in [0.15, 0.2) is 12.3 Å². The maximum absolute atomic E-state index is 8.77. The molecule has 0 aromatic carbocycles. The van der Waals surface area contributed by atoms with Gasteiger partial charge in [0.2, 0.25) is 0 Å². The van der Waals surface area contributed by atoms with Gasteiger partial charge in [-0.3, -0.25) is 0 Å². The maximum Gasteiger partial charge on any atom is 0.135 e. The van der Waals surface area contributed by atoms with Gasteiger partial charge in [0.25, 0.3) is 0 Å². The Kier molecular flexibility index (Phi) is 2.86. The second kappa shape index (κ2) is 3.71. The zero-order valence-electron chi connectivity index (χ0n) is 6.37. The number of halogens is 1. The SMILES string of the molecule is Nc1ccnc(Cl)c1[C@H](N)CO. The average molecular weight is 188 g/mol. The summed E-state index contributed by atoms with van der Waals surface area (Å²) in [5.74, 6) is 0. The lowest BCUT2D eigenvalue weighted by molar-refractivity contribution is 0.268. The number of anilines is 1. The predicted octanol–water partition coefficient (Wildman–Crippen LogP) is 0.309. The van der Waals surface area contributed by atoms with Crippen LogP contribution in [0, 0.1) is 0 Å². The van der Waals surface area contributed by atoms with Gasteiger partial charge in [-0.1, -0.05) is 11.6 Å². The second-order valence-corrected chi connectivity index (χ2v) is 2.75. The Morgan fingerprint density at radius 1 is 1.67 bits per heavy atom. The molecule has 66 valence electrons. The van der Waals surface area contributed by atoms with Gasteiger partial charge in [0.05, 0.1) is 12.6 Å². The van der Waals surface area contributed by atoms with Gasteiger partial charge in [-0.05, 0) is 6.07 Å². The molecule has 0 saturated heterocycles. The zero-order chi connectivity index (χ0) is 9.14. The summed E-state index contributed by atoms with van der Waals surface area (Å²) in [6.07, 6.45) is 1.49. The van der Waals surface area contributed by atoms with Gasteiger partial charge in [0, 0.05) is 17.4 Å². The Labute approximate surface area is 75.2 Å². The van der Waals surface area contributed by atoms with E-state index in [0.29, 0.717) is 11.3 Å². The second-order valence-electron chi connectivity index (χ2n) is 2.39. The summed E-state index contributed by atoms with van der Waals surface area (Å²) in [5.41, 5.74) is 12.1. The van der Waals surface area contributed by atoms with Crippen LogP contribution in [-0.2, 0) is 0 Å². The Bertz CT molecular complexity index is 259. The Hall–Kier alpha value is -0.840. The van der Waals surface area contributed by atoms with Gasteiger partial charge >= 0.3 is 0 Å². The molecule has 0 radical (unpaired) electrons. The number of nitrogen functional groups attached to an aromatic ring is 1. The minimum atomic E-state index is -0.564. The summed E-state index contributed by atoms with van der Waals surface area (Å²) < 4.78 is 0. The predicted molar refractivity (Wildman–Crippen MR) is 47.7 cm³/mol. The Morgan fingerprint density at radius 3 is 2.83 bits per heavy atom. The number of hydrogen-bond acceptors (Lipinski definition) is 4. The monoisotopic (exact) mass is 187 g/mol. The molecule has 0 aliphatic carbocycles. The smallest absolute Gasteiger partial charge is 0.135 e. The van der Waals surface area contributed by atoms with Crippen molar-refractivity contribution in [2.75, 3.05) is 12.3 Å². The number of rotatable bonds is 2. The van der Waals surface area contributed by atoms with Gasteiger partial charge in [-0.2, -0.15) is 0 Å². The molecule has 1 atom stereocenters. The third-order valence-electron chi connectivity index (χ3n) is 1.54. The zero-order valence-corrected chi connectivity index (χ0v) is 7.12. The molecule has 0 spiro atoms. The first-order valence-corrected chi connectivity index (χ1v) is 3.81. The summed E-state index contributed by atoms with van der Waals surface area (Å²) in [6, 6.07) is 1.03. The number of nitrogens with zero attached hydrogens (tertiary/aromatic N) is 1. The lowest BCUT2D eigenvalue weighted by Crippen LogP contribution is -2.17. The third kappa shape index (κ3) is 1.66. The van der Waals surface area contributed by atoms with E-state index in [4.69, 9.17) is 28.2 Å². The minimum Gasteiger partial charge on any atom is -0.398 e. The van der Waals surface area contributed by atoms with Crippen molar-refractivity contribution in [3.05, 3.63) is 23.0 Å². The van der Waals surface area contributed by atoms with E-state index in [1.165, 1.54) is 6.20 Å². The van der Waals surface area contributed by atoms with Crippen LogP contribution in [0.5, 0.6) is 0 Å². The molecule has 0 fully saturated rings. The van der Waals surface area contributed by atoms with Gasteiger partial charge in [0.1, 0.15) is 5.15 Å². The quantitative estimate of drug-likeness (QED) is 0.582. The van der Waals surface area contributed by atoms with Crippen molar-refractivity contribution in [3.63, 3.8) is 0 Å². The van der Waals surface area contributed by atoms with Crippen LogP contribution < -0.4 is 11.5 Å². The van der Waals surface area contributed by atoms with Crippen LogP contribution in [-0.4, -0.2) is 16.7 Å². The van der Waals surface area contributed by atoms with Crippen molar-refractivity contribution in [1.82, 2.24) is 4.98 Å². The van der Waals surface area contributed by atoms with Crippen LogP contribution in [0.3, 0.4) is 0 Å². The molecule has 0 bridgehead atoms. The molecule has 0 saturated carbocycles. The van der Waals surface area contributed by atoms with Crippen LogP contribution >= 0.6 is 11.6 Å². The first-order chi connectivity index (χ1) is 5.66. The van der Waals surface area contributed by atoms with E-state index in [1.807, 2.05) is 0 Å². The van der Waals surface area contributed by atoms with Crippen molar-refractivity contribution in [2.24, 2.45) is 5.73 Å². The van der Waals surface area contributed by atoms with E-state index < -0.39 is 6.04 Å². The molecule has 0 unspecified atom stereocenters. The number of hydrogen-bond donors (Lipinski definition) is 3. The maximum atomic E-state index is 8.77. The number of pyridine rings is 1. The molecule has 1 heterocycles. The topological polar surface area (TPSA) is 85.2 Å². The standard InChI is InChI=1S/C7H10ClN3O/c8-7-6(5(10)3-12)4(9)1-2-11-7/h1-2,5,12H,3,10H2,(H2,9,11)/t5-/m1/s1. The third-order valence-corrected chi connectivity index (χ3v) is 1.84. The summed E-state index contributed by atoms with van der Waals surface area (Å²) >= 11 is 5.72. The van der Waals surface area contributed by atoms with Crippen molar-refractivity contribution >= 4 is 17.3 Å². The Balaban J connectivity index is 3.12. The molecule has 1 aromatic heterocycles. The normalized spacial score (nSPS) is 12.9. The summed E-state index contributed by atoms with van der Waals surface area (Å²) in [5, 5.41) is 9.02. The number of aliphatic hydroxyl groups excluding tert-OH is 1. The van der Waals surface area contributed by atoms with E-state index in [9.17, 15) is 0 Å². The minimum absolute atomic E-state index is 0.199. The molecule has 0 amide bonds. The molecular weight excluding hydrogens is 178 g/mol. The molecule has 5 heteroatoms. The highest BCUT2D eigenvalue weighted by atomic mass is 35.5. The fourth-order valence-electron chi connectivity index (χ4n) is 0.920. The summed E-state index contributed by atoms with van der Waals surface area (Å²) in [6.45, 7) is -0.199. The molecule has 1 aromatic rings. The molecule has 4 nitrogen and oxygen atoms in total. The van der Waals surface area contributed by atoms with E-state index in [2.05, 4.69) is 4.98 Å². The van der Waals surface area contributed by atoms with Crippen LogP contribution in [0.25, 0.3) is 0 Å². The van der Waals surface area contributed by atoms with E-state index in [1.54, 1.807) is 6.07 Å². The molecule has 12 heavy (non-hydrogen) atoms. The van der Waals surface area contributed by atoms with Gasteiger partial charge in [0.15, 0.2) is 0 Å². The lowest BCUT2D eigenvalue weighted by Gasteiger charge is -2.11. The van der Waals surface area contributed by atoms with Crippen LogP contribution in [0.1, 0.15) is 11.6 Å². The van der Waals surface area contributed by atoms with Gasteiger partial charge in [-0.25, -0.2) is 4.98 Å². The fourth-order valence-corrected chi connectivity index (χ4v) is 1.23. The van der Waals surface area contributed by atoms with Crippen molar-refractivity contribution in [3.8, 4) is 0 Å². The van der Waals surface area contributed by atoms with E-state index >= 15 is 0 Å². The average Bonchev–Trinajstić information content (AvgIpc) is 2.03. The molecule has 0 aliphatic rings. The van der Waals surface area contributed by atoms with Gasteiger partial charge in [-0.15, -0.1) is 0 Å². The largest absolute Gasteiger partial charge is 0.398 e. The van der Waals surface area contributed by atoms with Gasteiger partial charge < -0.3 is 16.6 Å². The molecular formula is C7H10ClN3O. The molecule has 0 aliphatic heterocycles. The van der Waals surface area contributed by atoms with Crippen molar-refractivity contribution in [2.45, 2.75) is 6.04 Å². The number of aromatic nitrogens is 1. The highest BCUT2D eigenvalue weighted by molar-refractivity contribution is 6.30. The van der Waals surface area contributed by atoms with Crippen LogP contribution in [0.4, 0.5) is 5.69 Å². The van der Waals surface area contributed by atoms with Crippen molar-refractivity contribution < 1.29 is 5.11 Å². The fraction of sp³-hybridized carbons (Fsp3) is 0.286. The van der Waals surface area contributed by atoms with Crippen molar-refractivity contribution in [1.29, 1.82) is 0 Å². The lowest BCUT2D eigenvalue weighted by atomic mass is 10.1. The van der Waals surface area contributed by atoms with E-state index in [0.717, 1.165) is 0 Å². The Morgan fingerprint density at radius 2 is 2.33 bits per heavy atom. The molecule has 1 rings (SSSR count). The van der Waals surface area contributed by atoms with Crippen LogP contribution in [0.2, 0.25) is 5.15 Å². The first kappa shape index (κ1) is 9.25. The first-order valence-electron chi connectivity index (χ1n) is 3.43. The highest BCUT2D eigenvalue weighted by Crippen LogP contribution is 2.24. The summed E-state index contributed by atoms with van der Waals surface area (Å²) in [7, 11) is 0.